The van der Waals surface area contributed by atoms with Crippen LogP contribution in [0.5, 0.6) is 0 Å². The average molecular weight is 477 g/mol. The third-order valence-corrected chi connectivity index (χ3v) is 5.43. The van der Waals surface area contributed by atoms with Crippen LogP contribution in [0.25, 0.3) is 10.8 Å². The molecule has 8 heteroatoms. The molecule has 0 saturated carbocycles. The fourth-order valence-electron chi connectivity index (χ4n) is 3.02. The van der Waals surface area contributed by atoms with Crippen molar-refractivity contribution < 1.29 is 19.0 Å². The molecule has 0 spiro atoms. The van der Waals surface area contributed by atoms with Gasteiger partial charge in [0.1, 0.15) is 12.4 Å². The van der Waals surface area contributed by atoms with E-state index in [1.807, 2.05) is 30.3 Å². The molecule has 158 valence electrons. The van der Waals surface area contributed by atoms with Crippen LogP contribution in [0.1, 0.15) is 18.9 Å². The summed E-state index contributed by atoms with van der Waals surface area (Å²) in [6, 6.07) is 13.2. The van der Waals surface area contributed by atoms with Crippen LogP contribution in [0, 0.1) is 5.82 Å². The smallest absolute Gasteiger partial charge is 0.407 e. The van der Waals surface area contributed by atoms with Crippen molar-refractivity contribution in [1.29, 1.82) is 0 Å². The van der Waals surface area contributed by atoms with Crippen molar-refractivity contribution in [2.45, 2.75) is 38.6 Å². The number of hydrogen-bond donors (Lipinski definition) is 2. The average Bonchev–Trinajstić information content (AvgIpc) is 2.74. The second-order valence-electron chi connectivity index (χ2n) is 7.02. The van der Waals surface area contributed by atoms with Gasteiger partial charge < -0.3 is 19.7 Å². The first-order valence-corrected chi connectivity index (χ1v) is 10.3. The van der Waals surface area contributed by atoms with Gasteiger partial charge in [0.25, 0.3) is 5.56 Å². The third kappa shape index (κ3) is 5.46. The Morgan fingerprint density at radius 3 is 2.73 bits per heavy atom. The maximum Gasteiger partial charge on any atom is 0.407 e. The van der Waals surface area contributed by atoms with Crippen LogP contribution in [-0.4, -0.2) is 27.9 Å². The molecule has 2 aromatic carbocycles. The minimum atomic E-state index is -0.890. The zero-order valence-electron chi connectivity index (χ0n) is 16.3. The van der Waals surface area contributed by atoms with E-state index in [0.717, 1.165) is 5.56 Å². The number of nitrogens with zero attached hydrogens (tertiary/aromatic N) is 1. The summed E-state index contributed by atoms with van der Waals surface area (Å²) in [5.74, 6) is -0.510. The van der Waals surface area contributed by atoms with Gasteiger partial charge in [-0.3, -0.25) is 4.79 Å². The summed E-state index contributed by atoms with van der Waals surface area (Å²) in [5.41, 5.74) is 0.522. The molecule has 0 aliphatic rings. The lowest BCUT2D eigenvalue weighted by Gasteiger charge is -2.20. The molecule has 0 unspecified atom stereocenters. The number of nitrogens with one attached hydrogen (secondary N) is 1. The fourth-order valence-corrected chi connectivity index (χ4v) is 3.38. The zero-order chi connectivity index (χ0) is 21.7. The van der Waals surface area contributed by atoms with Gasteiger partial charge in [0, 0.05) is 12.7 Å². The topological polar surface area (TPSA) is 80.6 Å². The second-order valence-corrected chi connectivity index (χ2v) is 7.87. The second kappa shape index (κ2) is 9.86. The van der Waals surface area contributed by atoms with Crippen molar-refractivity contribution in [2.75, 3.05) is 0 Å². The highest BCUT2D eigenvalue weighted by Gasteiger charge is 2.18. The summed E-state index contributed by atoms with van der Waals surface area (Å²) in [4.78, 5) is 24.5. The van der Waals surface area contributed by atoms with Gasteiger partial charge in [-0.15, -0.1) is 0 Å². The molecule has 0 radical (unpaired) electrons. The van der Waals surface area contributed by atoms with Crippen molar-refractivity contribution in [1.82, 2.24) is 9.88 Å². The number of hydrogen-bond acceptors (Lipinski definition) is 4. The van der Waals surface area contributed by atoms with E-state index in [-0.39, 0.29) is 30.5 Å². The lowest BCUT2D eigenvalue weighted by Crippen LogP contribution is -2.42. The van der Waals surface area contributed by atoms with E-state index < -0.39 is 24.1 Å². The Labute approximate surface area is 181 Å². The summed E-state index contributed by atoms with van der Waals surface area (Å²) in [6.07, 6.45) is 0.311. The first-order valence-electron chi connectivity index (χ1n) is 9.48. The molecule has 30 heavy (non-hydrogen) atoms. The lowest BCUT2D eigenvalue weighted by molar-refractivity contribution is 0.0989. The van der Waals surface area contributed by atoms with Gasteiger partial charge in [-0.1, -0.05) is 30.3 Å². The number of aryl methyl sites for hydroxylation is 1. The van der Waals surface area contributed by atoms with E-state index in [4.69, 9.17) is 4.74 Å². The van der Waals surface area contributed by atoms with Gasteiger partial charge >= 0.3 is 6.09 Å². The number of alkyl carbamates (subject to hydrolysis) is 1. The largest absolute Gasteiger partial charge is 0.445 e. The molecular weight excluding hydrogens is 455 g/mol. The number of pyridine rings is 1. The Kier molecular flexibility index (Phi) is 7.23. The van der Waals surface area contributed by atoms with Crippen LogP contribution < -0.4 is 10.9 Å². The summed E-state index contributed by atoms with van der Waals surface area (Å²) in [5, 5.41) is 13.8. The highest BCUT2D eigenvalue weighted by molar-refractivity contribution is 9.10. The van der Waals surface area contributed by atoms with Crippen LogP contribution in [0.2, 0.25) is 0 Å². The molecule has 0 aliphatic carbocycles. The molecule has 0 aliphatic heterocycles. The van der Waals surface area contributed by atoms with Crippen molar-refractivity contribution in [2.24, 2.45) is 0 Å². The number of ether oxygens (including phenoxy) is 1. The number of aliphatic hydroxyl groups excluding tert-OH is 1. The molecule has 0 fully saturated rings. The molecular formula is C22H22BrFN2O4. The highest BCUT2D eigenvalue weighted by Crippen LogP contribution is 2.21. The maximum atomic E-state index is 13.8. The lowest BCUT2D eigenvalue weighted by atomic mass is 10.1. The first-order chi connectivity index (χ1) is 14.3. The van der Waals surface area contributed by atoms with Crippen LogP contribution in [0.3, 0.4) is 0 Å². The minimum absolute atomic E-state index is 0.134. The Morgan fingerprint density at radius 2 is 2.00 bits per heavy atom. The molecule has 1 amide bonds. The van der Waals surface area contributed by atoms with Crippen molar-refractivity contribution in [3.8, 4) is 0 Å². The SMILES string of the molecule is C[C@H](NC(=O)OCc1ccccc1)[C@@H](O)CCn1ccc2cc(Br)c(F)cc2c1=O. The van der Waals surface area contributed by atoms with Crippen LogP contribution >= 0.6 is 15.9 Å². The number of amides is 1. The number of halogens is 2. The van der Waals surface area contributed by atoms with Gasteiger partial charge in [0.15, 0.2) is 0 Å². The summed E-state index contributed by atoms with van der Waals surface area (Å²) >= 11 is 3.11. The molecule has 6 nitrogen and oxygen atoms in total. The Bertz CT molecular complexity index is 1090. The quantitative estimate of drug-likeness (QED) is 0.540. The monoisotopic (exact) mass is 476 g/mol. The third-order valence-electron chi connectivity index (χ3n) is 4.82. The summed E-state index contributed by atoms with van der Waals surface area (Å²) < 4.78 is 20.6. The van der Waals surface area contributed by atoms with E-state index in [9.17, 15) is 19.1 Å². The number of carbonyl (C=O) groups is 1. The molecule has 1 aromatic heterocycles. The Hall–Kier alpha value is -2.71. The minimum Gasteiger partial charge on any atom is -0.445 e. The van der Waals surface area contributed by atoms with E-state index in [1.54, 1.807) is 25.3 Å². The predicted octanol–water partition coefficient (Wildman–Crippen LogP) is 3.97. The number of rotatable bonds is 7. The van der Waals surface area contributed by atoms with Crippen molar-refractivity contribution in [3.05, 3.63) is 80.9 Å². The van der Waals surface area contributed by atoms with Crippen molar-refractivity contribution in [3.63, 3.8) is 0 Å². The standard InChI is InChI=1S/C22H22BrFN2O4/c1-14(25-22(29)30-13-15-5-3-2-4-6-15)20(27)8-10-26-9-7-16-11-18(23)19(24)12-17(16)21(26)28/h2-7,9,11-12,14,20,27H,8,10,13H2,1H3,(H,25,29)/t14-,20-/m0/s1. The van der Waals surface area contributed by atoms with Gasteiger partial charge in [0.2, 0.25) is 0 Å². The van der Waals surface area contributed by atoms with E-state index in [0.29, 0.717) is 9.86 Å². The van der Waals surface area contributed by atoms with Gasteiger partial charge in [-0.2, -0.15) is 0 Å². The molecule has 2 atom stereocenters. The Morgan fingerprint density at radius 1 is 1.27 bits per heavy atom. The molecule has 2 N–H and O–H groups in total. The highest BCUT2D eigenvalue weighted by atomic mass is 79.9. The Balaban J connectivity index is 1.55. The summed E-state index contributed by atoms with van der Waals surface area (Å²) in [7, 11) is 0. The van der Waals surface area contributed by atoms with E-state index in [1.165, 1.54) is 10.6 Å². The van der Waals surface area contributed by atoms with Crippen molar-refractivity contribution >= 4 is 32.8 Å². The normalized spacial score (nSPS) is 13.1. The first kappa shape index (κ1) is 22.0. The molecule has 1 heterocycles. The fraction of sp³-hybridized carbons (Fsp3) is 0.273. The van der Waals surface area contributed by atoms with E-state index in [2.05, 4.69) is 21.2 Å². The predicted molar refractivity (Wildman–Crippen MR) is 116 cm³/mol. The number of carbonyl (C=O) groups excluding carboxylic acids is 1. The van der Waals surface area contributed by atoms with Crippen LogP contribution in [0.15, 0.2) is 64.0 Å². The number of aliphatic hydroxyl groups is 1. The van der Waals surface area contributed by atoms with Crippen LogP contribution in [0.4, 0.5) is 9.18 Å². The van der Waals surface area contributed by atoms with Crippen LogP contribution in [-0.2, 0) is 17.9 Å². The molecule has 0 saturated heterocycles. The van der Waals surface area contributed by atoms with Gasteiger partial charge in [-0.25, -0.2) is 9.18 Å². The van der Waals surface area contributed by atoms with E-state index >= 15 is 0 Å². The molecule has 0 bridgehead atoms. The van der Waals surface area contributed by atoms with Gasteiger partial charge in [-0.05, 0) is 58.4 Å². The number of benzene rings is 2. The maximum absolute atomic E-state index is 13.8. The summed E-state index contributed by atoms with van der Waals surface area (Å²) in [6.45, 7) is 2.01. The van der Waals surface area contributed by atoms with Gasteiger partial charge in [0.05, 0.1) is 22.0 Å². The zero-order valence-corrected chi connectivity index (χ0v) is 17.9. The number of fused-ring (bicyclic) bond motifs is 1. The molecule has 3 aromatic rings. The number of aromatic nitrogens is 1. The molecule has 3 rings (SSSR count).